The highest BCUT2D eigenvalue weighted by Crippen LogP contribution is 2.70. The van der Waals surface area contributed by atoms with Crippen LogP contribution in [0.15, 0.2) is 0 Å². The van der Waals surface area contributed by atoms with Crippen molar-refractivity contribution in [2.24, 2.45) is 22.2 Å². The fourth-order valence-electron chi connectivity index (χ4n) is 22.2. The predicted octanol–water partition coefficient (Wildman–Crippen LogP) is 30.4. The lowest BCUT2D eigenvalue weighted by Crippen LogP contribution is -2.46. The second-order valence-electron chi connectivity index (χ2n) is 50.0. The summed E-state index contributed by atoms with van der Waals surface area (Å²) < 4.78 is 0. The summed E-state index contributed by atoms with van der Waals surface area (Å²) in [4.78, 5) is 0. The fourth-order valence-corrected chi connectivity index (χ4v) is 22.2. The zero-order chi connectivity index (χ0) is 76.8. The Bertz CT molecular complexity index is 5110. The van der Waals surface area contributed by atoms with Crippen LogP contribution in [-0.4, -0.2) is 0 Å². The van der Waals surface area contributed by atoms with Gasteiger partial charge in [0.1, 0.15) is 0 Å². The van der Waals surface area contributed by atoms with Gasteiger partial charge in [-0.1, -0.05) is 338 Å². The molecule has 11 rings (SSSR count). The van der Waals surface area contributed by atoms with E-state index in [2.05, 4.69) is 332 Å². The van der Waals surface area contributed by atoms with Gasteiger partial charge < -0.3 is 0 Å². The number of hydrogen-bond acceptors (Lipinski definition) is 0. The molecule has 546 valence electrons. The third-order valence-corrected chi connectivity index (χ3v) is 24.2. The van der Waals surface area contributed by atoms with Gasteiger partial charge in [-0.2, -0.15) is 0 Å². The molecule has 0 bridgehead atoms. The van der Waals surface area contributed by atoms with E-state index in [9.17, 15) is 0 Å². The maximum atomic E-state index is 2.66. The van der Waals surface area contributed by atoms with Gasteiger partial charge in [-0.3, -0.25) is 0 Å². The first-order valence-corrected chi connectivity index (χ1v) is 39.7. The molecule has 1 aliphatic carbocycles. The van der Waals surface area contributed by atoms with E-state index >= 15 is 0 Å². The lowest BCUT2D eigenvalue weighted by Gasteiger charge is -2.53. The molecule has 0 aliphatic heterocycles. The minimum absolute atomic E-state index is 0.126. The van der Waals surface area contributed by atoms with Crippen LogP contribution in [-0.2, 0) is 70.4 Å². The summed E-state index contributed by atoms with van der Waals surface area (Å²) in [6, 6.07) is 0. The van der Waals surface area contributed by atoms with Crippen LogP contribution in [0.25, 0.3) is 103 Å². The largest absolute Gasteiger partial charge is 0.0596 e. The molecule has 0 radical (unpaired) electrons. The van der Waals surface area contributed by atoms with Crippen LogP contribution in [0.2, 0.25) is 0 Å². The summed E-state index contributed by atoms with van der Waals surface area (Å²) in [5.74, 6) is 0.360. The highest BCUT2D eigenvalue weighted by Gasteiger charge is 2.54. The Morgan fingerprint density at radius 1 is 0.130 bits per heavy atom. The molecule has 0 heterocycles. The van der Waals surface area contributed by atoms with Crippen molar-refractivity contribution < 1.29 is 0 Å². The van der Waals surface area contributed by atoms with Crippen molar-refractivity contribution in [2.75, 3.05) is 0 Å². The third-order valence-electron chi connectivity index (χ3n) is 24.2. The Hall–Kier alpha value is -4.42. The smallest absolute Gasteiger partial charge is 0.0000601 e. The van der Waals surface area contributed by atoms with E-state index in [0.29, 0.717) is 0 Å². The van der Waals surface area contributed by atoms with Gasteiger partial charge in [0.05, 0.1) is 0 Å². The zero-order valence-electron chi connectivity index (χ0n) is 74.2. The highest BCUT2D eigenvalue weighted by atomic mass is 14.6. The van der Waals surface area contributed by atoms with E-state index < -0.39 is 0 Å². The number of hydrogen-bond donors (Lipinski definition) is 0. The second kappa shape index (κ2) is 20.8. The summed E-state index contributed by atoms with van der Waals surface area (Å²) in [6.07, 6.45) is 0. The van der Waals surface area contributed by atoms with E-state index in [0.717, 1.165) is 0 Å². The van der Waals surface area contributed by atoms with Crippen molar-refractivity contribution in [3.8, 4) is 0 Å². The van der Waals surface area contributed by atoms with Crippen LogP contribution in [0.3, 0.4) is 0 Å². The van der Waals surface area contributed by atoms with E-state index in [1.54, 1.807) is 186 Å². The maximum absolute atomic E-state index is 2.66. The van der Waals surface area contributed by atoms with Crippen LogP contribution in [0.5, 0.6) is 0 Å². The van der Waals surface area contributed by atoms with Gasteiger partial charge >= 0.3 is 0 Å². The molecule has 0 fully saturated rings. The molecular weight excluding hydrogens is 1200 g/mol. The standard InChI is InChI=1S/C100H146/c1-85(2,3)69-63-53-49-51-54-52-50(53)56-61(75(91(19,20)21)82(98(40,41)42)78(94(28,29)30)66(56)70(63)86(4,5)6)62-58(52)68(80(96(34,35)36)84(100(46,47)48)76(62)92(22,23)24)72(88(10,11)12)64(54)71(87(7,8)9)67-57(51)60(74(90(16,17)18)83(99(43,44)45)79(67)95(31,32)33)59-55(49)65(69)77(93(25,26)27)81(97(37,38)39)73(59)89(13,14)15/h73,81H,1-48H3. The van der Waals surface area contributed by atoms with E-state index in [1.165, 1.54) is 0 Å². The zero-order valence-corrected chi connectivity index (χ0v) is 74.2. The van der Waals surface area contributed by atoms with E-state index in [-0.39, 0.29) is 98.5 Å². The van der Waals surface area contributed by atoms with Gasteiger partial charge in [0.2, 0.25) is 0 Å². The normalized spacial score (nSPS) is 17.6. The molecule has 0 amide bonds. The molecule has 0 saturated carbocycles. The lowest BCUT2D eigenvalue weighted by molar-refractivity contribution is 0.159. The van der Waals surface area contributed by atoms with Crippen molar-refractivity contribution in [1.82, 2.24) is 0 Å². The first kappa shape index (κ1) is 76.7. The van der Waals surface area contributed by atoms with Crippen LogP contribution in [0.1, 0.15) is 416 Å². The average Bonchev–Trinajstić information content (AvgIpc) is 0.625. The Balaban J connectivity index is 1.98. The highest BCUT2D eigenvalue weighted by molar-refractivity contribution is 6.56. The summed E-state index contributed by atoms with van der Waals surface area (Å²) in [5.41, 5.74) is 19.6. The van der Waals surface area contributed by atoms with E-state index in [1.807, 2.05) is 0 Å². The van der Waals surface area contributed by atoms with Crippen LogP contribution in [0.4, 0.5) is 0 Å². The summed E-state index contributed by atoms with van der Waals surface area (Å²) in [6.45, 7) is 126. The monoisotopic (exact) mass is 1350 g/mol. The van der Waals surface area contributed by atoms with Crippen molar-refractivity contribution in [3.05, 3.63) is 83.1 Å². The minimum Gasteiger partial charge on any atom is -0.0596 e. The van der Waals surface area contributed by atoms with Crippen LogP contribution >= 0.6 is 0 Å². The molecule has 2 atom stereocenters. The van der Waals surface area contributed by atoms with E-state index in [4.69, 9.17) is 0 Å². The van der Waals surface area contributed by atoms with Crippen molar-refractivity contribution in [1.29, 1.82) is 0 Å². The van der Waals surface area contributed by atoms with Gasteiger partial charge in [-0.05, 0) is 279 Å². The molecule has 10 aromatic carbocycles. The van der Waals surface area contributed by atoms with Crippen molar-refractivity contribution in [3.63, 3.8) is 0 Å². The van der Waals surface area contributed by atoms with Gasteiger partial charge in [-0.25, -0.2) is 0 Å². The molecule has 0 spiro atoms. The predicted molar refractivity (Wildman–Crippen MR) is 455 cm³/mol. The summed E-state index contributed by atoms with van der Waals surface area (Å²) in [7, 11) is 0. The first-order chi connectivity index (χ1) is 44.0. The van der Waals surface area contributed by atoms with Gasteiger partial charge in [-0.15, -0.1) is 0 Å². The molecule has 0 saturated heterocycles. The second-order valence-corrected chi connectivity index (χ2v) is 50.0. The van der Waals surface area contributed by atoms with Gasteiger partial charge in [0.15, 0.2) is 0 Å². The fraction of sp³-hybridized carbons (Fsp3) is 0.660. The quantitative estimate of drug-likeness (QED) is 0.105. The Labute approximate surface area is 612 Å². The Kier molecular flexibility index (Phi) is 15.9. The van der Waals surface area contributed by atoms with Crippen LogP contribution < -0.4 is 5.22 Å². The summed E-state index contributed by atoms with van der Waals surface area (Å²) in [5, 5.41) is 29.6. The minimum atomic E-state index is -0.329. The molecule has 2 unspecified atom stereocenters. The molecular formula is C100H146. The maximum Gasteiger partial charge on any atom is -0.0000601 e. The van der Waals surface area contributed by atoms with Crippen LogP contribution in [0, 0.1) is 22.2 Å². The molecule has 100 heavy (non-hydrogen) atoms. The third kappa shape index (κ3) is 10.6. The lowest BCUT2D eigenvalue weighted by atomic mass is 9.51. The topological polar surface area (TPSA) is 0 Å². The number of benzene rings is 10. The molecule has 10 aromatic rings. The first-order valence-electron chi connectivity index (χ1n) is 39.7. The molecule has 0 aromatic heterocycles. The van der Waals surface area contributed by atoms with Gasteiger partial charge in [0.25, 0.3) is 0 Å². The van der Waals surface area contributed by atoms with Gasteiger partial charge in [0, 0.05) is 0 Å². The van der Waals surface area contributed by atoms with Crippen molar-refractivity contribution in [2.45, 2.75) is 409 Å². The molecule has 0 heteroatoms. The SMILES string of the molecule is CC(C)(C)C1=c2c(C(C)(C)C)c3c(C(C)(C)C)c4c(C(C)(C)C)c(C(C)(C)C)c(C(C)(C)C)c5c6c(C(C)(C)C)c(C(C)(C)C)c(C(C)(C)C)c7c(C(C)(C)C)c8c(C(C)(C)C)c9c(C(C)(C)C)c(C(C)(C)C)c(C(C)(C)C)c%10c(c2c2c3c(c45)c(c76)c8c2c9%10)C(C(C)(C)C)C1C(C)(C)C. The summed E-state index contributed by atoms with van der Waals surface area (Å²) >= 11 is 0. The Morgan fingerprint density at radius 2 is 0.300 bits per heavy atom. The molecule has 0 N–H and O–H groups in total. The molecule has 0 nitrogen and oxygen atoms in total. The average molecular weight is 1350 g/mol. The number of fused-ring (bicyclic) bond motifs is 2. The Morgan fingerprint density at radius 3 is 0.520 bits per heavy atom. The van der Waals surface area contributed by atoms with Crippen molar-refractivity contribution >= 4 is 103 Å². The number of rotatable bonds is 0. The molecule has 1 aliphatic rings.